The number of rotatable bonds is 4. The lowest BCUT2D eigenvalue weighted by molar-refractivity contribution is -0.127. The molecule has 2 rings (SSSR count). The van der Waals surface area contributed by atoms with Gasteiger partial charge in [0.05, 0.1) is 6.26 Å². The van der Waals surface area contributed by atoms with Crippen LogP contribution in [0.4, 0.5) is 0 Å². The number of hydrogen-bond donors (Lipinski definition) is 1. The van der Waals surface area contributed by atoms with E-state index in [-0.39, 0.29) is 11.8 Å². The standard InChI is InChI=1S/C15H20N2O3/c1-12(18)16-11-13-6-8-17(9-7-13)15(19)5-4-14-3-2-10-20-14/h2-5,10,13H,6-9,11H2,1H3,(H,16,18)/b5-4+. The van der Waals surface area contributed by atoms with Gasteiger partial charge in [-0.3, -0.25) is 9.59 Å². The van der Waals surface area contributed by atoms with Gasteiger partial charge >= 0.3 is 0 Å². The highest BCUT2D eigenvalue weighted by Crippen LogP contribution is 2.17. The van der Waals surface area contributed by atoms with Crippen molar-refractivity contribution in [3.63, 3.8) is 0 Å². The van der Waals surface area contributed by atoms with E-state index in [1.54, 1.807) is 24.5 Å². The lowest BCUT2D eigenvalue weighted by Crippen LogP contribution is -2.40. The highest BCUT2D eigenvalue weighted by molar-refractivity contribution is 5.91. The van der Waals surface area contributed by atoms with Crippen LogP contribution in [0.2, 0.25) is 0 Å². The molecule has 0 unspecified atom stereocenters. The number of furan rings is 1. The molecule has 0 atom stereocenters. The van der Waals surface area contributed by atoms with E-state index < -0.39 is 0 Å². The van der Waals surface area contributed by atoms with Crippen LogP contribution < -0.4 is 5.32 Å². The fraction of sp³-hybridized carbons (Fsp3) is 0.467. The van der Waals surface area contributed by atoms with E-state index in [0.29, 0.717) is 18.2 Å². The van der Waals surface area contributed by atoms with Crippen LogP contribution in [0.25, 0.3) is 6.08 Å². The van der Waals surface area contributed by atoms with Gasteiger partial charge < -0.3 is 14.6 Å². The van der Waals surface area contributed by atoms with Crippen molar-refractivity contribution in [2.75, 3.05) is 19.6 Å². The first-order valence-electron chi connectivity index (χ1n) is 6.90. The number of hydrogen-bond acceptors (Lipinski definition) is 3. The molecule has 1 saturated heterocycles. The number of carbonyl (C=O) groups excluding carboxylic acids is 2. The van der Waals surface area contributed by atoms with Gasteiger partial charge in [-0.2, -0.15) is 0 Å². The van der Waals surface area contributed by atoms with Crippen molar-refractivity contribution < 1.29 is 14.0 Å². The molecule has 0 spiro atoms. The van der Waals surface area contributed by atoms with Crippen molar-refractivity contribution in [1.82, 2.24) is 10.2 Å². The van der Waals surface area contributed by atoms with Crippen molar-refractivity contribution in [3.8, 4) is 0 Å². The first-order chi connectivity index (χ1) is 9.65. The Bertz CT molecular complexity index is 471. The van der Waals surface area contributed by atoms with Gasteiger partial charge in [0.25, 0.3) is 0 Å². The summed E-state index contributed by atoms with van der Waals surface area (Å²) in [6.07, 6.45) is 6.68. The molecular weight excluding hydrogens is 256 g/mol. The van der Waals surface area contributed by atoms with Crippen LogP contribution in [-0.2, 0) is 9.59 Å². The molecule has 0 aliphatic carbocycles. The van der Waals surface area contributed by atoms with E-state index in [4.69, 9.17) is 4.42 Å². The van der Waals surface area contributed by atoms with E-state index in [2.05, 4.69) is 5.32 Å². The van der Waals surface area contributed by atoms with Crippen molar-refractivity contribution >= 4 is 17.9 Å². The van der Waals surface area contributed by atoms with Crippen LogP contribution in [0.5, 0.6) is 0 Å². The molecule has 2 heterocycles. The SMILES string of the molecule is CC(=O)NCC1CCN(C(=O)/C=C/c2ccco2)CC1. The summed E-state index contributed by atoms with van der Waals surface area (Å²) in [7, 11) is 0. The summed E-state index contributed by atoms with van der Waals surface area (Å²) in [5.74, 6) is 1.17. The Kier molecular flexibility index (Phi) is 4.98. The number of carbonyl (C=O) groups is 2. The average Bonchev–Trinajstić information content (AvgIpc) is 2.96. The highest BCUT2D eigenvalue weighted by atomic mass is 16.3. The number of piperidine rings is 1. The molecule has 1 N–H and O–H groups in total. The van der Waals surface area contributed by atoms with Crippen LogP contribution in [-0.4, -0.2) is 36.3 Å². The Morgan fingerprint density at radius 1 is 1.45 bits per heavy atom. The lowest BCUT2D eigenvalue weighted by Gasteiger charge is -2.31. The normalized spacial score (nSPS) is 16.6. The molecule has 0 radical (unpaired) electrons. The summed E-state index contributed by atoms with van der Waals surface area (Å²) >= 11 is 0. The molecule has 5 heteroatoms. The molecule has 0 aromatic carbocycles. The first kappa shape index (κ1) is 14.4. The van der Waals surface area contributed by atoms with Crippen molar-refractivity contribution in [2.24, 2.45) is 5.92 Å². The molecule has 5 nitrogen and oxygen atoms in total. The Labute approximate surface area is 118 Å². The van der Waals surface area contributed by atoms with E-state index in [9.17, 15) is 9.59 Å². The number of nitrogens with one attached hydrogen (secondary N) is 1. The Morgan fingerprint density at radius 3 is 2.80 bits per heavy atom. The summed E-state index contributed by atoms with van der Waals surface area (Å²) in [6.45, 7) is 3.72. The maximum absolute atomic E-state index is 12.0. The minimum Gasteiger partial charge on any atom is -0.465 e. The molecule has 1 aromatic rings. The van der Waals surface area contributed by atoms with Crippen molar-refractivity contribution in [3.05, 3.63) is 30.2 Å². The molecule has 1 aliphatic rings. The van der Waals surface area contributed by atoms with Gasteiger partial charge in [0.15, 0.2) is 0 Å². The predicted octanol–water partition coefficient (Wildman–Crippen LogP) is 1.67. The largest absolute Gasteiger partial charge is 0.465 e. The molecule has 108 valence electrons. The van der Waals surface area contributed by atoms with E-state index in [0.717, 1.165) is 25.9 Å². The molecule has 0 bridgehead atoms. The second-order valence-corrected chi connectivity index (χ2v) is 5.05. The molecule has 1 aromatic heterocycles. The second kappa shape index (κ2) is 6.93. The van der Waals surface area contributed by atoms with Gasteiger partial charge in [-0.25, -0.2) is 0 Å². The smallest absolute Gasteiger partial charge is 0.246 e. The monoisotopic (exact) mass is 276 g/mol. The summed E-state index contributed by atoms with van der Waals surface area (Å²) in [5.41, 5.74) is 0. The summed E-state index contributed by atoms with van der Waals surface area (Å²) in [4.78, 5) is 24.7. The molecule has 2 amide bonds. The van der Waals surface area contributed by atoms with Crippen LogP contribution in [0.3, 0.4) is 0 Å². The summed E-state index contributed by atoms with van der Waals surface area (Å²) in [5, 5.41) is 2.83. The molecule has 0 saturated carbocycles. The topological polar surface area (TPSA) is 62.6 Å². The van der Waals surface area contributed by atoms with Crippen LogP contribution in [0, 0.1) is 5.92 Å². The van der Waals surface area contributed by atoms with Gasteiger partial charge in [0.1, 0.15) is 5.76 Å². The zero-order chi connectivity index (χ0) is 14.4. The molecular formula is C15H20N2O3. The van der Waals surface area contributed by atoms with Crippen LogP contribution in [0.1, 0.15) is 25.5 Å². The highest BCUT2D eigenvalue weighted by Gasteiger charge is 2.21. The molecule has 1 fully saturated rings. The van der Waals surface area contributed by atoms with E-state index in [1.807, 2.05) is 11.0 Å². The predicted molar refractivity (Wildman–Crippen MR) is 75.7 cm³/mol. The fourth-order valence-electron chi connectivity index (χ4n) is 2.29. The molecule has 20 heavy (non-hydrogen) atoms. The second-order valence-electron chi connectivity index (χ2n) is 5.05. The zero-order valence-electron chi connectivity index (χ0n) is 11.7. The quantitative estimate of drug-likeness (QED) is 0.851. The van der Waals surface area contributed by atoms with Gasteiger partial charge in [-0.1, -0.05) is 0 Å². The Hall–Kier alpha value is -2.04. The minimum atomic E-state index is 0.00453. The number of nitrogens with zero attached hydrogens (tertiary/aromatic N) is 1. The number of amides is 2. The third kappa shape index (κ3) is 4.26. The summed E-state index contributed by atoms with van der Waals surface area (Å²) in [6, 6.07) is 3.60. The third-order valence-electron chi connectivity index (χ3n) is 3.50. The van der Waals surface area contributed by atoms with E-state index >= 15 is 0 Å². The third-order valence-corrected chi connectivity index (χ3v) is 3.50. The Morgan fingerprint density at radius 2 is 2.20 bits per heavy atom. The Balaban J connectivity index is 1.75. The first-order valence-corrected chi connectivity index (χ1v) is 6.90. The van der Waals surface area contributed by atoms with Crippen LogP contribution >= 0.6 is 0 Å². The van der Waals surface area contributed by atoms with Crippen LogP contribution in [0.15, 0.2) is 28.9 Å². The van der Waals surface area contributed by atoms with Crippen molar-refractivity contribution in [2.45, 2.75) is 19.8 Å². The average molecular weight is 276 g/mol. The number of likely N-dealkylation sites (tertiary alicyclic amines) is 1. The summed E-state index contributed by atoms with van der Waals surface area (Å²) < 4.78 is 5.14. The maximum Gasteiger partial charge on any atom is 0.246 e. The zero-order valence-corrected chi connectivity index (χ0v) is 11.7. The van der Waals surface area contributed by atoms with Crippen molar-refractivity contribution in [1.29, 1.82) is 0 Å². The molecule has 1 aliphatic heterocycles. The minimum absolute atomic E-state index is 0.00453. The van der Waals surface area contributed by atoms with Gasteiger partial charge in [0.2, 0.25) is 11.8 Å². The van der Waals surface area contributed by atoms with Gasteiger partial charge in [-0.15, -0.1) is 0 Å². The fourth-order valence-corrected chi connectivity index (χ4v) is 2.29. The van der Waals surface area contributed by atoms with Gasteiger partial charge in [-0.05, 0) is 37.0 Å². The maximum atomic E-state index is 12.0. The lowest BCUT2D eigenvalue weighted by atomic mass is 9.96. The van der Waals surface area contributed by atoms with E-state index in [1.165, 1.54) is 6.92 Å². The van der Waals surface area contributed by atoms with Gasteiger partial charge in [0, 0.05) is 32.6 Å².